The Morgan fingerprint density at radius 3 is 2.44 bits per heavy atom. The maximum atomic E-state index is 12.4. The molecule has 0 amide bonds. The van der Waals surface area contributed by atoms with Crippen molar-refractivity contribution in [1.82, 2.24) is 25.4 Å². The molecule has 27 heavy (non-hydrogen) atoms. The van der Waals surface area contributed by atoms with Gasteiger partial charge in [0.25, 0.3) is 0 Å². The molecule has 1 aromatic heterocycles. The van der Waals surface area contributed by atoms with Crippen molar-refractivity contribution in [2.24, 2.45) is 12.0 Å². The fourth-order valence-corrected chi connectivity index (χ4v) is 2.24. The Bertz CT molecular complexity index is 730. The number of hydrogen-bond donors (Lipinski definition) is 2. The molecule has 10 heteroatoms. The van der Waals surface area contributed by atoms with E-state index in [1.54, 1.807) is 4.57 Å². The summed E-state index contributed by atoms with van der Waals surface area (Å²) in [6.45, 7) is 3.69. The molecular weight excluding hydrogens is 472 g/mol. The molecule has 0 spiro atoms. The number of nitrogens with one attached hydrogen (secondary N) is 2. The van der Waals surface area contributed by atoms with Gasteiger partial charge in [-0.15, -0.1) is 34.2 Å². The molecule has 2 N–H and O–H groups in total. The molecular formula is C17H24F3IN6. The molecule has 0 aliphatic rings. The van der Waals surface area contributed by atoms with Crippen LogP contribution in [0.4, 0.5) is 13.2 Å². The molecule has 0 aliphatic heterocycles. The van der Waals surface area contributed by atoms with E-state index in [1.807, 2.05) is 51.2 Å². The van der Waals surface area contributed by atoms with Gasteiger partial charge >= 0.3 is 6.18 Å². The SMILES string of the molecule is Cc1nnc(CN=C(NCCC(F)(F)F)NC(C)c2ccccc2)n1C.I. The first-order chi connectivity index (χ1) is 12.3. The number of halogens is 4. The summed E-state index contributed by atoms with van der Waals surface area (Å²) in [5, 5.41) is 13.8. The van der Waals surface area contributed by atoms with Gasteiger partial charge in [-0.1, -0.05) is 30.3 Å². The molecule has 1 heterocycles. The molecule has 1 aromatic carbocycles. The standard InChI is InChI=1S/C17H23F3N6.HI/c1-12(14-7-5-4-6-8-14)23-16(21-10-9-17(18,19)20)22-11-15-25-24-13(2)26(15)3;/h4-8,12H,9-11H2,1-3H3,(H2,21,22,23);1H. The third-order valence-corrected chi connectivity index (χ3v) is 3.92. The monoisotopic (exact) mass is 496 g/mol. The average Bonchev–Trinajstić information content (AvgIpc) is 2.91. The van der Waals surface area contributed by atoms with Crippen LogP contribution in [0.3, 0.4) is 0 Å². The van der Waals surface area contributed by atoms with E-state index in [1.165, 1.54) is 0 Å². The zero-order valence-corrected chi connectivity index (χ0v) is 17.7. The summed E-state index contributed by atoms with van der Waals surface area (Å²) in [6, 6.07) is 9.49. The average molecular weight is 496 g/mol. The maximum Gasteiger partial charge on any atom is 0.390 e. The van der Waals surface area contributed by atoms with Gasteiger partial charge in [-0.2, -0.15) is 13.2 Å². The van der Waals surface area contributed by atoms with Crippen LogP contribution in [0, 0.1) is 6.92 Å². The van der Waals surface area contributed by atoms with Crippen LogP contribution in [0.2, 0.25) is 0 Å². The Balaban J connectivity index is 0.00000364. The number of rotatable bonds is 6. The van der Waals surface area contributed by atoms with E-state index in [9.17, 15) is 13.2 Å². The van der Waals surface area contributed by atoms with Crippen molar-refractivity contribution in [2.45, 2.75) is 39.0 Å². The highest BCUT2D eigenvalue weighted by Crippen LogP contribution is 2.18. The van der Waals surface area contributed by atoms with Crippen LogP contribution in [-0.2, 0) is 13.6 Å². The lowest BCUT2D eigenvalue weighted by molar-refractivity contribution is -0.132. The highest BCUT2D eigenvalue weighted by molar-refractivity contribution is 14.0. The summed E-state index contributed by atoms with van der Waals surface area (Å²) in [4.78, 5) is 4.36. The van der Waals surface area contributed by atoms with Crippen LogP contribution in [0.25, 0.3) is 0 Å². The quantitative estimate of drug-likeness (QED) is 0.365. The minimum atomic E-state index is -4.22. The molecule has 0 saturated carbocycles. The summed E-state index contributed by atoms with van der Waals surface area (Å²) in [5.74, 6) is 1.67. The number of benzene rings is 1. The molecule has 0 bridgehead atoms. The lowest BCUT2D eigenvalue weighted by Gasteiger charge is -2.19. The van der Waals surface area contributed by atoms with Gasteiger partial charge < -0.3 is 15.2 Å². The van der Waals surface area contributed by atoms with Gasteiger partial charge in [-0.3, -0.25) is 0 Å². The van der Waals surface area contributed by atoms with E-state index in [4.69, 9.17) is 0 Å². The normalized spacial score (nSPS) is 13.0. The second-order valence-electron chi connectivity index (χ2n) is 5.96. The van der Waals surface area contributed by atoms with E-state index < -0.39 is 12.6 Å². The molecule has 150 valence electrons. The topological polar surface area (TPSA) is 67.1 Å². The number of aryl methyl sites for hydroxylation is 1. The minimum Gasteiger partial charge on any atom is -0.356 e. The molecule has 2 rings (SSSR count). The number of aromatic nitrogens is 3. The molecule has 6 nitrogen and oxygen atoms in total. The van der Waals surface area contributed by atoms with Gasteiger partial charge in [-0.05, 0) is 19.4 Å². The molecule has 1 unspecified atom stereocenters. The van der Waals surface area contributed by atoms with Crippen molar-refractivity contribution in [3.8, 4) is 0 Å². The Kier molecular flexibility index (Phi) is 9.00. The largest absolute Gasteiger partial charge is 0.390 e. The van der Waals surface area contributed by atoms with E-state index in [-0.39, 0.29) is 43.1 Å². The Morgan fingerprint density at radius 2 is 1.89 bits per heavy atom. The van der Waals surface area contributed by atoms with Gasteiger partial charge in [0.1, 0.15) is 12.4 Å². The van der Waals surface area contributed by atoms with Crippen LogP contribution in [0.1, 0.15) is 36.6 Å². The molecule has 0 saturated heterocycles. The number of guanidine groups is 1. The van der Waals surface area contributed by atoms with Crippen LogP contribution >= 0.6 is 24.0 Å². The van der Waals surface area contributed by atoms with Crippen LogP contribution in [0.5, 0.6) is 0 Å². The van der Waals surface area contributed by atoms with Crippen molar-refractivity contribution in [2.75, 3.05) is 6.54 Å². The van der Waals surface area contributed by atoms with Gasteiger partial charge in [0, 0.05) is 13.6 Å². The Labute approximate surface area is 173 Å². The third-order valence-electron chi connectivity index (χ3n) is 3.92. The number of aliphatic imine (C=N–C) groups is 1. The van der Waals surface area contributed by atoms with Crippen molar-refractivity contribution in [1.29, 1.82) is 0 Å². The third kappa shape index (κ3) is 7.73. The highest BCUT2D eigenvalue weighted by atomic mass is 127. The van der Waals surface area contributed by atoms with Crippen LogP contribution in [-0.4, -0.2) is 33.4 Å². The second-order valence-corrected chi connectivity index (χ2v) is 5.96. The predicted molar refractivity (Wildman–Crippen MR) is 109 cm³/mol. The molecule has 1 atom stereocenters. The van der Waals surface area contributed by atoms with Crippen LogP contribution in [0.15, 0.2) is 35.3 Å². The summed E-state index contributed by atoms with van der Waals surface area (Å²) >= 11 is 0. The zero-order chi connectivity index (χ0) is 19.2. The fraction of sp³-hybridized carbons (Fsp3) is 0.471. The first-order valence-corrected chi connectivity index (χ1v) is 8.27. The number of hydrogen-bond acceptors (Lipinski definition) is 3. The number of nitrogens with zero attached hydrogens (tertiary/aromatic N) is 4. The van der Waals surface area contributed by atoms with Gasteiger partial charge in [0.2, 0.25) is 0 Å². The Hall–Kier alpha value is -1.85. The smallest absolute Gasteiger partial charge is 0.356 e. The van der Waals surface area contributed by atoms with Gasteiger partial charge in [0.05, 0.1) is 12.5 Å². The van der Waals surface area contributed by atoms with Crippen molar-refractivity contribution < 1.29 is 13.2 Å². The van der Waals surface area contributed by atoms with Crippen molar-refractivity contribution in [3.05, 3.63) is 47.5 Å². The molecule has 0 aliphatic carbocycles. The van der Waals surface area contributed by atoms with E-state index in [0.717, 1.165) is 11.4 Å². The minimum absolute atomic E-state index is 0. The van der Waals surface area contributed by atoms with E-state index in [2.05, 4.69) is 25.8 Å². The van der Waals surface area contributed by atoms with E-state index >= 15 is 0 Å². The van der Waals surface area contributed by atoms with Crippen molar-refractivity contribution in [3.63, 3.8) is 0 Å². The summed E-state index contributed by atoms with van der Waals surface area (Å²) < 4.78 is 39.0. The summed E-state index contributed by atoms with van der Waals surface area (Å²) in [7, 11) is 1.82. The first kappa shape index (κ1) is 23.2. The second kappa shape index (κ2) is 10.5. The highest BCUT2D eigenvalue weighted by Gasteiger charge is 2.26. The predicted octanol–water partition coefficient (Wildman–Crippen LogP) is 3.49. The zero-order valence-electron chi connectivity index (χ0n) is 15.4. The van der Waals surface area contributed by atoms with Crippen molar-refractivity contribution >= 4 is 29.9 Å². The van der Waals surface area contributed by atoms with Gasteiger partial charge in [-0.25, -0.2) is 4.99 Å². The lowest BCUT2D eigenvalue weighted by Crippen LogP contribution is -2.40. The fourth-order valence-electron chi connectivity index (χ4n) is 2.24. The molecule has 0 fully saturated rings. The van der Waals surface area contributed by atoms with Gasteiger partial charge in [0.15, 0.2) is 11.8 Å². The summed E-state index contributed by atoms with van der Waals surface area (Å²) in [6.07, 6.45) is -5.15. The number of alkyl halides is 3. The molecule has 2 aromatic rings. The van der Waals surface area contributed by atoms with E-state index in [0.29, 0.717) is 11.8 Å². The molecule has 0 radical (unpaired) electrons. The lowest BCUT2D eigenvalue weighted by atomic mass is 10.1. The Morgan fingerprint density at radius 1 is 1.22 bits per heavy atom. The first-order valence-electron chi connectivity index (χ1n) is 8.27. The summed E-state index contributed by atoms with van der Waals surface area (Å²) in [5.41, 5.74) is 1.01. The maximum absolute atomic E-state index is 12.4. The van der Waals surface area contributed by atoms with Crippen LogP contribution < -0.4 is 10.6 Å².